The Balaban J connectivity index is 1.15. The molecule has 0 saturated carbocycles. The number of nitrogens with zero attached hydrogens (tertiary/aromatic N) is 9. The number of aromatic nitrogens is 6. The molecule has 2 aliphatic heterocycles. The van der Waals surface area contributed by atoms with E-state index in [1.807, 2.05) is 57.6 Å². The second-order valence-electron chi connectivity index (χ2n) is 13.5. The van der Waals surface area contributed by atoms with Crippen LogP contribution in [0.2, 0.25) is 5.02 Å². The smallest absolute Gasteiger partial charge is 0.245 e. The minimum atomic E-state index is 0.101. The number of hydrazine groups is 1. The topological polar surface area (TPSA) is 102 Å². The molecule has 2 aromatic carbocycles. The van der Waals surface area contributed by atoms with Gasteiger partial charge in [0.2, 0.25) is 11.9 Å². The molecule has 2 fully saturated rings. The Kier molecular flexibility index (Phi) is 11.1. The lowest BCUT2D eigenvalue weighted by Gasteiger charge is -2.49. The zero-order valence-electron chi connectivity index (χ0n) is 29.7. The molecule has 5 heterocycles. The summed E-state index contributed by atoms with van der Waals surface area (Å²) in [6, 6.07) is 21.1. The zero-order chi connectivity index (χ0) is 35.2. The molecule has 0 radical (unpaired) electrons. The Labute approximate surface area is 305 Å². The number of H-pyrrole nitrogens is 1. The fraction of sp³-hybridized carbons (Fsp3) is 0.410. The Morgan fingerprint density at radius 1 is 0.843 bits per heavy atom. The van der Waals surface area contributed by atoms with Crippen LogP contribution in [-0.2, 0) is 6.54 Å². The van der Waals surface area contributed by atoms with Crippen molar-refractivity contribution in [2.45, 2.75) is 71.1 Å². The monoisotopic (exact) mass is 706 g/mol. The van der Waals surface area contributed by atoms with Gasteiger partial charge in [0.1, 0.15) is 5.75 Å². The average molecular weight is 707 g/mol. The number of ether oxygens (including phenoxy) is 1. The largest absolute Gasteiger partial charge is 0.492 e. The summed E-state index contributed by atoms with van der Waals surface area (Å²) < 4.78 is 5.77. The molecule has 0 bridgehead atoms. The molecule has 0 aliphatic carbocycles. The number of hydrogen-bond acceptors (Lipinski definition) is 10. The van der Waals surface area contributed by atoms with E-state index in [2.05, 4.69) is 72.3 Å². The molecule has 1 N–H and O–H groups in total. The van der Waals surface area contributed by atoms with Crippen LogP contribution in [0.1, 0.15) is 66.9 Å². The van der Waals surface area contributed by atoms with E-state index in [4.69, 9.17) is 36.3 Å². The number of aromatic amines is 1. The first-order valence-electron chi connectivity index (χ1n) is 18.1. The fourth-order valence-corrected chi connectivity index (χ4v) is 7.78. The van der Waals surface area contributed by atoms with Gasteiger partial charge in [-0.25, -0.2) is 34.9 Å². The van der Waals surface area contributed by atoms with Crippen molar-refractivity contribution in [2.75, 3.05) is 42.8 Å². The van der Waals surface area contributed by atoms with E-state index in [1.54, 1.807) is 6.33 Å². The normalized spacial score (nSPS) is 16.9. The van der Waals surface area contributed by atoms with Crippen molar-refractivity contribution in [3.63, 3.8) is 0 Å². The van der Waals surface area contributed by atoms with Gasteiger partial charge in [0.15, 0.2) is 0 Å². The number of hydrogen-bond donors (Lipinski definition) is 1. The summed E-state index contributed by atoms with van der Waals surface area (Å²) in [4.78, 5) is 32.6. The molecular formula is C39H47ClN10O. The fourth-order valence-electron chi connectivity index (χ4n) is 7.61. The van der Waals surface area contributed by atoms with E-state index in [0.29, 0.717) is 23.5 Å². The van der Waals surface area contributed by atoms with Crippen molar-refractivity contribution in [1.82, 2.24) is 39.7 Å². The lowest BCUT2D eigenvalue weighted by Crippen LogP contribution is -2.60. The molecule has 11 nitrogen and oxygen atoms in total. The Hall–Kier alpha value is -4.58. The molecular weight excluding hydrogens is 660 g/mol. The van der Waals surface area contributed by atoms with Crippen molar-refractivity contribution in [1.29, 1.82) is 0 Å². The number of halogens is 1. The molecule has 266 valence electrons. The van der Waals surface area contributed by atoms with Crippen LogP contribution in [0.4, 0.5) is 11.9 Å². The summed E-state index contributed by atoms with van der Waals surface area (Å²) in [5.41, 5.74) is 5.45. The second kappa shape index (κ2) is 16.2. The van der Waals surface area contributed by atoms with Crippen LogP contribution in [-0.4, -0.2) is 84.6 Å². The van der Waals surface area contributed by atoms with Crippen LogP contribution >= 0.6 is 11.6 Å². The third kappa shape index (κ3) is 8.16. The maximum atomic E-state index is 6.39. The minimum absolute atomic E-state index is 0.101. The molecule has 2 aliphatic rings. The Morgan fingerprint density at radius 2 is 1.51 bits per heavy atom. The van der Waals surface area contributed by atoms with Gasteiger partial charge in [0, 0.05) is 62.7 Å². The van der Waals surface area contributed by atoms with Crippen molar-refractivity contribution in [3.8, 4) is 5.75 Å². The number of benzene rings is 2. The number of rotatable bonds is 12. The summed E-state index contributed by atoms with van der Waals surface area (Å²) in [5.74, 6) is 2.13. The number of likely N-dealkylation sites (tertiary alicyclic amines) is 2. The number of imidazole rings is 1. The summed E-state index contributed by atoms with van der Waals surface area (Å²) in [6.07, 6.45) is 11.1. The van der Waals surface area contributed by atoms with Gasteiger partial charge < -0.3 is 9.72 Å². The molecule has 7 rings (SSSR count). The highest BCUT2D eigenvalue weighted by atomic mass is 35.5. The van der Waals surface area contributed by atoms with Crippen molar-refractivity contribution < 1.29 is 4.74 Å². The van der Waals surface area contributed by atoms with Crippen molar-refractivity contribution in [3.05, 3.63) is 119 Å². The Morgan fingerprint density at radius 3 is 2.16 bits per heavy atom. The van der Waals surface area contributed by atoms with Gasteiger partial charge >= 0.3 is 0 Å². The summed E-state index contributed by atoms with van der Waals surface area (Å²) >= 11 is 6.39. The van der Waals surface area contributed by atoms with E-state index in [1.165, 1.54) is 11.1 Å². The van der Waals surface area contributed by atoms with E-state index in [-0.39, 0.29) is 18.1 Å². The van der Waals surface area contributed by atoms with Gasteiger partial charge in [0.05, 0.1) is 41.8 Å². The van der Waals surface area contributed by atoms with Crippen LogP contribution in [0, 0.1) is 13.8 Å². The van der Waals surface area contributed by atoms with Crippen molar-refractivity contribution >= 4 is 23.5 Å². The van der Waals surface area contributed by atoms with Crippen molar-refractivity contribution in [2.24, 2.45) is 0 Å². The number of aryl methyl sites for hydroxylation is 2. The molecule has 51 heavy (non-hydrogen) atoms. The van der Waals surface area contributed by atoms with Gasteiger partial charge in [-0.05, 0) is 81.8 Å². The highest BCUT2D eigenvalue weighted by Gasteiger charge is 2.39. The molecule has 0 amide bonds. The summed E-state index contributed by atoms with van der Waals surface area (Å²) in [7, 11) is 0. The van der Waals surface area contributed by atoms with E-state index < -0.39 is 0 Å². The van der Waals surface area contributed by atoms with Gasteiger partial charge in [-0.2, -0.15) is 0 Å². The minimum Gasteiger partial charge on any atom is -0.492 e. The standard InChI is InChI=1S/C39H47ClN10O/c1-4-51-36-24-30(11-12-34(36)40)26-47-19-13-32(14-20-47)49(38-42-17-8-18-43-38)50(39-45-28(2)23-29(3)46-39)33-15-21-48(22-16-33)37(35-25-41-27-44-35)31-9-6-5-7-10-31/h5-12,17-18,23-25,27,32-33,37H,4,13-16,19-22,26H2,1-3H3,(H,41,44). The first-order chi connectivity index (χ1) is 25.0. The van der Waals surface area contributed by atoms with Gasteiger partial charge in [-0.3, -0.25) is 9.80 Å². The van der Waals surface area contributed by atoms with E-state index in [0.717, 1.165) is 81.2 Å². The number of nitrogens with one attached hydrogen (secondary N) is 1. The maximum Gasteiger partial charge on any atom is 0.245 e. The van der Waals surface area contributed by atoms with E-state index >= 15 is 0 Å². The van der Waals surface area contributed by atoms with Gasteiger partial charge in [-0.1, -0.05) is 48.0 Å². The molecule has 2 saturated heterocycles. The molecule has 3 aromatic heterocycles. The number of piperidine rings is 2. The predicted molar refractivity (Wildman–Crippen MR) is 201 cm³/mol. The highest BCUT2D eigenvalue weighted by Crippen LogP contribution is 2.35. The highest BCUT2D eigenvalue weighted by molar-refractivity contribution is 6.32. The Bertz CT molecular complexity index is 1810. The average Bonchev–Trinajstić information content (AvgIpc) is 3.68. The van der Waals surface area contributed by atoms with Gasteiger partial charge in [0.25, 0.3) is 0 Å². The van der Waals surface area contributed by atoms with Crippen LogP contribution in [0.25, 0.3) is 0 Å². The molecule has 1 unspecified atom stereocenters. The van der Waals surface area contributed by atoms with Crippen LogP contribution in [0.5, 0.6) is 5.75 Å². The molecule has 12 heteroatoms. The lowest BCUT2D eigenvalue weighted by atomic mass is 9.97. The summed E-state index contributed by atoms with van der Waals surface area (Å²) in [5, 5.41) is 5.31. The quantitative estimate of drug-likeness (QED) is 0.139. The molecule has 1 atom stereocenters. The number of anilines is 2. The zero-order valence-corrected chi connectivity index (χ0v) is 30.5. The first-order valence-corrected chi connectivity index (χ1v) is 18.4. The van der Waals surface area contributed by atoms with E-state index in [9.17, 15) is 0 Å². The van der Waals surface area contributed by atoms with Crippen LogP contribution in [0.3, 0.4) is 0 Å². The maximum absolute atomic E-state index is 6.39. The first kappa shape index (κ1) is 34.9. The van der Waals surface area contributed by atoms with Crippen LogP contribution in [0.15, 0.2) is 85.6 Å². The third-order valence-electron chi connectivity index (χ3n) is 9.91. The molecule has 0 spiro atoms. The van der Waals surface area contributed by atoms with Crippen LogP contribution < -0.4 is 14.8 Å². The second-order valence-corrected chi connectivity index (χ2v) is 13.9. The summed E-state index contributed by atoms with van der Waals surface area (Å²) in [6.45, 7) is 11.2. The lowest BCUT2D eigenvalue weighted by molar-refractivity contribution is 0.162. The predicted octanol–water partition coefficient (Wildman–Crippen LogP) is 6.81. The molecule has 5 aromatic rings. The third-order valence-corrected chi connectivity index (χ3v) is 10.2. The van der Waals surface area contributed by atoms with Gasteiger partial charge in [-0.15, -0.1) is 0 Å². The SMILES string of the molecule is CCOc1cc(CN2CCC(N(c3ncccn3)N(c3nc(C)cc(C)n3)C3CCN(C(c4ccccc4)c4cnc[nH]4)CC3)CC2)ccc1Cl.